The zero-order valence-electron chi connectivity index (χ0n) is 16.0. The summed E-state index contributed by atoms with van der Waals surface area (Å²) in [6, 6.07) is 10.9. The number of carbonyl (C=O) groups is 1. The van der Waals surface area contributed by atoms with E-state index in [-0.39, 0.29) is 5.91 Å². The van der Waals surface area contributed by atoms with Gasteiger partial charge in [0.1, 0.15) is 5.82 Å². The van der Waals surface area contributed by atoms with Crippen molar-refractivity contribution >= 4 is 56.6 Å². The molecule has 0 radical (unpaired) electrons. The van der Waals surface area contributed by atoms with E-state index in [1.807, 2.05) is 30.3 Å². The number of aromatic amines is 1. The average molecular weight is 457 g/mol. The van der Waals surface area contributed by atoms with Crippen LogP contribution < -0.4 is 5.32 Å². The first-order valence-corrected chi connectivity index (χ1v) is 11.4. The van der Waals surface area contributed by atoms with Gasteiger partial charge in [0.25, 0.3) is 5.91 Å². The standard InChI is InChI=1S/C22H18Cl2N4OS/c23-14-4-3-5-15(24)13(14)11-20-25-16-9-8-12(10-18(16)26-20)21(29)28-22-27-17-6-1-2-7-19(17)30-22/h3-5,8-10H,1-2,6-7,11H2,(H,25,26)(H,27,28,29). The Kier molecular flexibility index (Phi) is 5.23. The quantitative estimate of drug-likeness (QED) is 0.392. The minimum absolute atomic E-state index is 0.173. The van der Waals surface area contributed by atoms with Crippen molar-refractivity contribution in [1.29, 1.82) is 0 Å². The second-order valence-corrected chi connectivity index (χ2v) is 9.24. The molecule has 0 unspecified atom stereocenters. The maximum atomic E-state index is 12.7. The number of fused-ring (bicyclic) bond motifs is 2. The van der Waals surface area contributed by atoms with Crippen LogP contribution in [0.1, 0.15) is 45.2 Å². The van der Waals surface area contributed by atoms with Crippen LogP contribution in [0.2, 0.25) is 10.0 Å². The topological polar surface area (TPSA) is 70.7 Å². The lowest BCUT2D eigenvalue weighted by atomic mass is 10.0. The number of H-pyrrole nitrogens is 1. The Bertz CT molecular complexity index is 1220. The van der Waals surface area contributed by atoms with E-state index in [2.05, 4.69) is 20.3 Å². The number of hydrogen-bond donors (Lipinski definition) is 2. The highest BCUT2D eigenvalue weighted by Gasteiger charge is 2.17. The lowest BCUT2D eigenvalue weighted by molar-refractivity contribution is 0.102. The molecule has 30 heavy (non-hydrogen) atoms. The van der Waals surface area contributed by atoms with Crippen LogP contribution >= 0.6 is 34.5 Å². The average Bonchev–Trinajstić information content (AvgIpc) is 3.32. The summed E-state index contributed by atoms with van der Waals surface area (Å²) in [6.45, 7) is 0. The fraction of sp³-hybridized carbons (Fsp3) is 0.227. The zero-order valence-corrected chi connectivity index (χ0v) is 18.3. The molecule has 1 aliphatic rings. The molecule has 0 atom stereocenters. The first-order valence-electron chi connectivity index (χ1n) is 9.78. The second kappa shape index (κ2) is 8.02. The number of rotatable bonds is 4. The lowest BCUT2D eigenvalue weighted by Crippen LogP contribution is -2.11. The number of carbonyl (C=O) groups excluding carboxylic acids is 1. The summed E-state index contributed by atoms with van der Waals surface area (Å²) < 4.78 is 0. The Morgan fingerprint density at radius 3 is 2.70 bits per heavy atom. The van der Waals surface area contributed by atoms with E-state index < -0.39 is 0 Å². The molecule has 1 aliphatic carbocycles. The van der Waals surface area contributed by atoms with E-state index in [0.29, 0.717) is 27.2 Å². The molecule has 0 aliphatic heterocycles. The van der Waals surface area contributed by atoms with Gasteiger partial charge in [0, 0.05) is 26.9 Å². The van der Waals surface area contributed by atoms with E-state index in [0.717, 1.165) is 41.0 Å². The van der Waals surface area contributed by atoms with Crippen molar-refractivity contribution in [2.75, 3.05) is 5.32 Å². The van der Waals surface area contributed by atoms with Gasteiger partial charge in [0.2, 0.25) is 0 Å². The molecule has 0 saturated heterocycles. The molecule has 0 spiro atoms. The number of halogens is 2. The summed E-state index contributed by atoms with van der Waals surface area (Å²) in [5.74, 6) is 0.568. The van der Waals surface area contributed by atoms with E-state index >= 15 is 0 Å². The maximum absolute atomic E-state index is 12.7. The third-order valence-corrected chi connectivity index (χ3v) is 7.05. The van der Waals surface area contributed by atoms with Crippen LogP contribution in [0.15, 0.2) is 36.4 Å². The summed E-state index contributed by atoms with van der Waals surface area (Å²) in [7, 11) is 0. The third kappa shape index (κ3) is 3.83. The first-order chi connectivity index (χ1) is 14.6. The van der Waals surface area contributed by atoms with Crippen molar-refractivity contribution in [2.45, 2.75) is 32.1 Å². The predicted octanol–water partition coefficient (Wildman–Crippen LogP) is 6.05. The van der Waals surface area contributed by atoms with Crippen molar-refractivity contribution in [3.8, 4) is 0 Å². The van der Waals surface area contributed by atoms with Crippen LogP contribution in [0.5, 0.6) is 0 Å². The molecule has 0 fully saturated rings. The molecule has 2 N–H and O–H groups in total. The van der Waals surface area contributed by atoms with Crippen molar-refractivity contribution < 1.29 is 4.79 Å². The number of imidazole rings is 1. The zero-order chi connectivity index (χ0) is 20.7. The minimum Gasteiger partial charge on any atom is -0.342 e. The maximum Gasteiger partial charge on any atom is 0.257 e. The predicted molar refractivity (Wildman–Crippen MR) is 122 cm³/mol. The Balaban J connectivity index is 1.37. The Labute approximate surface area is 187 Å². The number of anilines is 1. The lowest BCUT2D eigenvalue weighted by Gasteiger charge is -2.06. The molecule has 2 heterocycles. The van der Waals surface area contributed by atoms with Crippen molar-refractivity contribution in [3.05, 3.63) is 74.0 Å². The van der Waals surface area contributed by atoms with E-state index in [1.165, 1.54) is 17.7 Å². The van der Waals surface area contributed by atoms with Crippen LogP contribution in [0.25, 0.3) is 11.0 Å². The molecular formula is C22H18Cl2N4OS. The molecule has 152 valence electrons. The van der Waals surface area contributed by atoms with Gasteiger partial charge in [0.15, 0.2) is 5.13 Å². The summed E-state index contributed by atoms with van der Waals surface area (Å²) in [4.78, 5) is 26.5. The van der Waals surface area contributed by atoms with Crippen LogP contribution in [0.4, 0.5) is 5.13 Å². The number of nitrogens with one attached hydrogen (secondary N) is 2. The highest BCUT2D eigenvalue weighted by molar-refractivity contribution is 7.15. The van der Waals surface area contributed by atoms with Gasteiger partial charge >= 0.3 is 0 Å². The third-order valence-electron chi connectivity index (χ3n) is 5.27. The summed E-state index contributed by atoms with van der Waals surface area (Å²) in [5, 5.41) is 4.82. The van der Waals surface area contributed by atoms with Crippen LogP contribution in [-0.4, -0.2) is 20.9 Å². The van der Waals surface area contributed by atoms with Gasteiger partial charge in [-0.2, -0.15) is 0 Å². The fourth-order valence-electron chi connectivity index (χ4n) is 3.73. The Morgan fingerprint density at radius 2 is 1.90 bits per heavy atom. The van der Waals surface area contributed by atoms with Gasteiger partial charge in [-0.15, -0.1) is 11.3 Å². The molecule has 2 aromatic carbocycles. The monoisotopic (exact) mass is 456 g/mol. The van der Waals surface area contributed by atoms with Crippen molar-refractivity contribution in [3.63, 3.8) is 0 Å². The summed E-state index contributed by atoms with van der Waals surface area (Å²) in [6.07, 6.45) is 4.91. The highest BCUT2D eigenvalue weighted by Crippen LogP contribution is 2.30. The smallest absolute Gasteiger partial charge is 0.257 e. The molecule has 2 aromatic heterocycles. The number of thiazole rings is 1. The Hall–Kier alpha value is -2.41. The number of amides is 1. The minimum atomic E-state index is -0.173. The first kappa shape index (κ1) is 19.5. The Morgan fingerprint density at radius 1 is 1.10 bits per heavy atom. The molecule has 0 saturated carbocycles. The van der Waals surface area contributed by atoms with Gasteiger partial charge in [-0.1, -0.05) is 29.3 Å². The second-order valence-electron chi connectivity index (χ2n) is 7.34. The van der Waals surface area contributed by atoms with Gasteiger partial charge in [0.05, 0.1) is 16.7 Å². The molecule has 0 bridgehead atoms. The molecule has 5 rings (SSSR count). The SMILES string of the molecule is O=C(Nc1nc2c(s1)CCCC2)c1ccc2nc(Cc3c(Cl)cccc3Cl)[nH]c2c1. The van der Waals surface area contributed by atoms with Crippen LogP contribution in [-0.2, 0) is 19.3 Å². The van der Waals surface area contributed by atoms with E-state index in [9.17, 15) is 4.79 Å². The molecule has 1 amide bonds. The number of benzene rings is 2. The number of nitrogens with zero attached hydrogens (tertiary/aromatic N) is 2. The number of aryl methyl sites for hydroxylation is 2. The van der Waals surface area contributed by atoms with Crippen molar-refractivity contribution in [1.82, 2.24) is 15.0 Å². The van der Waals surface area contributed by atoms with E-state index in [4.69, 9.17) is 23.2 Å². The molecule has 5 nitrogen and oxygen atoms in total. The summed E-state index contributed by atoms with van der Waals surface area (Å²) >= 11 is 14.1. The van der Waals surface area contributed by atoms with Crippen molar-refractivity contribution in [2.24, 2.45) is 0 Å². The summed E-state index contributed by atoms with van der Waals surface area (Å²) in [5.41, 5.74) is 4.09. The number of hydrogen-bond acceptors (Lipinski definition) is 4. The van der Waals surface area contributed by atoms with Gasteiger partial charge in [-0.05, 0) is 61.6 Å². The van der Waals surface area contributed by atoms with Gasteiger partial charge < -0.3 is 4.98 Å². The molecular weight excluding hydrogens is 439 g/mol. The largest absolute Gasteiger partial charge is 0.342 e. The van der Waals surface area contributed by atoms with Gasteiger partial charge in [-0.25, -0.2) is 9.97 Å². The molecule has 4 aromatic rings. The number of aromatic nitrogens is 3. The van der Waals surface area contributed by atoms with Crippen LogP contribution in [0, 0.1) is 0 Å². The van der Waals surface area contributed by atoms with E-state index in [1.54, 1.807) is 17.4 Å². The normalized spacial score (nSPS) is 13.4. The fourth-order valence-corrected chi connectivity index (χ4v) is 5.31. The molecule has 8 heteroatoms. The highest BCUT2D eigenvalue weighted by atomic mass is 35.5. The van der Waals surface area contributed by atoms with Gasteiger partial charge in [-0.3, -0.25) is 10.1 Å². The van der Waals surface area contributed by atoms with Crippen LogP contribution in [0.3, 0.4) is 0 Å².